The molecule has 2 aliphatic rings. The van der Waals surface area contributed by atoms with E-state index in [0.29, 0.717) is 18.2 Å². The van der Waals surface area contributed by atoms with E-state index in [-0.39, 0.29) is 12.0 Å². The average Bonchev–Trinajstić information content (AvgIpc) is 3.23. The number of morpholine rings is 1. The molecule has 2 N–H and O–H groups in total. The van der Waals surface area contributed by atoms with Crippen LogP contribution in [0.25, 0.3) is 0 Å². The van der Waals surface area contributed by atoms with Crippen molar-refractivity contribution in [2.75, 3.05) is 24.6 Å². The number of aromatic amines is 1. The summed E-state index contributed by atoms with van der Waals surface area (Å²) in [6.45, 7) is 4.96. The van der Waals surface area contributed by atoms with E-state index in [9.17, 15) is 4.79 Å². The number of pyridine rings is 1. The van der Waals surface area contributed by atoms with Gasteiger partial charge in [-0.25, -0.2) is 4.98 Å². The van der Waals surface area contributed by atoms with Crippen LogP contribution in [0, 0.1) is 0 Å². The molecule has 0 spiro atoms. The predicted molar refractivity (Wildman–Crippen MR) is 107 cm³/mol. The first-order valence-electron chi connectivity index (χ1n) is 10.3. The van der Waals surface area contributed by atoms with Crippen molar-refractivity contribution in [3.63, 3.8) is 0 Å². The first-order chi connectivity index (χ1) is 13.7. The summed E-state index contributed by atoms with van der Waals surface area (Å²) in [7, 11) is 0. The van der Waals surface area contributed by atoms with Crippen LogP contribution in [0.15, 0.2) is 24.4 Å². The first-order valence-corrected chi connectivity index (χ1v) is 10.3. The maximum atomic E-state index is 12.4. The van der Waals surface area contributed by atoms with Gasteiger partial charge in [0.15, 0.2) is 0 Å². The lowest BCUT2D eigenvalue weighted by Crippen LogP contribution is -2.41. The molecule has 7 heteroatoms. The SMILES string of the molecule is CC1CN(c2ccc(CNC(=O)c3cc(C4CCCCC4)[nH]n3)cn2)CCO1. The lowest BCUT2D eigenvalue weighted by atomic mass is 9.87. The molecular formula is C21H29N5O2. The molecule has 1 amide bonds. The number of hydrogen-bond donors (Lipinski definition) is 2. The van der Waals surface area contributed by atoms with Crippen LogP contribution in [0.2, 0.25) is 0 Å². The van der Waals surface area contributed by atoms with Gasteiger partial charge in [0.05, 0.1) is 12.7 Å². The highest BCUT2D eigenvalue weighted by Gasteiger charge is 2.20. The van der Waals surface area contributed by atoms with E-state index in [4.69, 9.17) is 4.74 Å². The molecule has 1 aliphatic carbocycles. The van der Waals surface area contributed by atoms with Gasteiger partial charge in [-0.3, -0.25) is 9.89 Å². The largest absolute Gasteiger partial charge is 0.375 e. The van der Waals surface area contributed by atoms with Gasteiger partial charge in [-0.15, -0.1) is 0 Å². The Hall–Kier alpha value is -2.41. The van der Waals surface area contributed by atoms with Crippen LogP contribution in [-0.4, -0.2) is 46.9 Å². The Morgan fingerprint density at radius 3 is 2.93 bits per heavy atom. The van der Waals surface area contributed by atoms with Crippen molar-refractivity contribution in [3.8, 4) is 0 Å². The summed E-state index contributed by atoms with van der Waals surface area (Å²) in [6, 6.07) is 5.93. The number of rotatable bonds is 5. The second-order valence-electron chi connectivity index (χ2n) is 7.88. The van der Waals surface area contributed by atoms with E-state index >= 15 is 0 Å². The molecule has 2 aromatic heterocycles. The minimum Gasteiger partial charge on any atom is -0.375 e. The summed E-state index contributed by atoms with van der Waals surface area (Å²) in [6.07, 6.45) is 8.26. The number of nitrogens with one attached hydrogen (secondary N) is 2. The highest BCUT2D eigenvalue weighted by Crippen LogP contribution is 2.31. The van der Waals surface area contributed by atoms with Gasteiger partial charge in [0.2, 0.25) is 0 Å². The summed E-state index contributed by atoms with van der Waals surface area (Å²) in [5.74, 6) is 1.32. The van der Waals surface area contributed by atoms with Gasteiger partial charge in [-0.2, -0.15) is 5.10 Å². The minimum atomic E-state index is -0.149. The fraction of sp³-hybridized carbons (Fsp3) is 0.571. The van der Waals surface area contributed by atoms with E-state index in [0.717, 1.165) is 36.8 Å². The molecule has 1 saturated heterocycles. The minimum absolute atomic E-state index is 0.149. The smallest absolute Gasteiger partial charge is 0.272 e. The Morgan fingerprint density at radius 2 is 2.18 bits per heavy atom. The number of anilines is 1. The second kappa shape index (κ2) is 8.73. The number of aromatic nitrogens is 3. The number of nitrogens with zero attached hydrogens (tertiary/aromatic N) is 3. The predicted octanol–water partition coefficient (Wildman–Crippen LogP) is 3.01. The molecule has 4 rings (SSSR count). The zero-order valence-electron chi connectivity index (χ0n) is 16.5. The molecule has 28 heavy (non-hydrogen) atoms. The monoisotopic (exact) mass is 383 g/mol. The number of carbonyl (C=O) groups is 1. The molecule has 7 nitrogen and oxygen atoms in total. The molecule has 1 atom stereocenters. The maximum absolute atomic E-state index is 12.4. The van der Waals surface area contributed by atoms with Crippen molar-refractivity contribution in [1.29, 1.82) is 0 Å². The molecule has 0 bridgehead atoms. The van der Waals surface area contributed by atoms with Gasteiger partial charge in [0, 0.05) is 37.4 Å². The third-order valence-electron chi connectivity index (χ3n) is 5.70. The summed E-state index contributed by atoms with van der Waals surface area (Å²) in [5.41, 5.74) is 2.53. The molecule has 2 fully saturated rings. The molecule has 1 unspecified atom stereocenters. The molecule has 0 radical (unpaired) electrons. The lowest BCUT2D eigenvalue weighted by molar-refractivity contribution is 0.0529. The fourth-order valence-electron chi connectivity index (χ4n) is 4.08. The topological polar surface area (TPSA) is 83.1 Å². The van der Waals surface area contributed by atoms with Crippen molar-refractivity contribution < 1.29 is 9.53 Å². The fourth-order valence-corrected chi connectivity index (χ4v) is 4.08. The molecular weight excluding hydrogens is 354 g/mol. The summed E-state index contributed by atoms with van der Waals surface area (Å²) < 4.78 is 5.58. The van der Waals surface area contributed by atoms with Crippen molar-refractivity contribution in [1.82, 2.24) is 20.5 Å². The summed E-state index contributed by atoms with van der Waals surface area (Å²) in [4.78, 5) is 19.2. The van der Waals surface area contributed by atoms with Crippen LogP contribution >= 0.6 is 0 Å². The van der Waals surface area contributed by atoms with Crippen LogP contribution < -0.4 is 10.2 Å². The van der Waals surface area contributed by atoms with Crippen molar-refractivity contribution in [2.45, 2.75) is 57.6 Å². The Bertz CT molecular complexity index is 782. The normalized spacial score (nSPS) is 20.9. The van der Waals surface area contributed by atoms with Crippen LogP contribution in [0.3, 0.4) is 0 Å². The molecule has 3 heterocycles. The number of ether oxygens (including phenoxy) is 1. The number of hydrogen-bond acceptors (Lipinski definition) is 5. The van der Waals surface area contributed by atoms with Crippen molar-refractivity contribution in [2.24, 2.45) is 0 Å². The third kappa shape index (κ3) is 4.52. The highest BCUT2D eigenvalue weighted by atomic mass is 16.5. The van der Waals surface area contributed by atoms with E-state index in [1.54, 1.807) is 0 Å². The summed E-state index contributed by atoms with van der Waals surface area (Å²) >= 11 is 0. The van der Waals surface area contributed by atoms with Crippen LogP contribution in [-0.2, 0) is 11.3 Å². The average molecular weight is 383 g/mol. The number of carbonyl (C=O) groups excluding carboxylic acids is 1. The van der Waals surface area contributed by atoms with Gasteiger partial charge in [-0.1, -0.05) is 25.3 Å². The van der Waals surface area contributed by atoms with E-state index in [1.165, 1.54) is 32.1 Å². The van der Waals surface area contributed by atoms with Crippen LogP contribution in [0.1, 0.15) is 66.7 Å². The van der Waals surface area contributed by atoms with E-state index in [1.807, 2.05) is 24.4 Å². The van der Waals surface area contributed by atoms with Gasteiger partial charge in [0.1, 0.15) is 11.5 Å². The molecule has 0 aromatic carbocycles. The van der Waals surface area contributed by atoms with Crippen LogP contribution in [0.4, 0.5) is 5.82 Å². The van der Waals surface area contributed by atoms with Gasteiger partial charge in [0.25, 0.3) is 5.91 Å². The number of H-pyrrole nitrogens is 1. The Kier molecular flexibility index (Phi) is 5.90. The summed E-state index contributed by atoms with van der Waals surface area (Å²) in [5, 5.41) is 10.2. The molecule has 2 aromatic rings. The molecule has 1 aliphatic heterocycles. The van der Waals surface area contributed by atoms with Gasteiger partial charge in [-0.05, 0) is 37.5 Å². The Labute approximate surface area is 165 Å². The van der Waals surface area contributed by atoms with Crippen LogP contribution in [0.5, 0.6) is 0 Å². The molecule has 150 valence electrons. The van der Waals surface area contributed by atoms with Gasteiger partial charge >= 0.3 is 0 Å². The quantitative estimate of drug-likeness (QED) is 0.829. The zero-order chi connectivity index (χ0) is 19.3. The van der Waals surface area contributed by atoms with E-state index < -0.39 is 0 Å². The first kappa shape index (κ1) is 18.9. The standard InChI is InChI=1S/C21H29N5O2/c1-15-14-26(9-10-28-15)20-8-7-16(12-22-20)13-23-21(27)19-11-18(24-25-19)17-5-3-2-4-6-17/h7-8,11-12,15,17H,2-6,9-10,13-14H2,1H3,(H,23,27)(H,24,25). The second-order valence-corrected chi connectivity index (χ2v) is 7.88. The van der Waals surface area contributed by atoms with Crippen molar-refractivity contribution in [3.05, 3.63) is 41.3 Å². The van der Waals surface area contributed by atoms with E-state index in [2.05, 4.69) is 32.3 Å². The third-order valence-corrected chi connectivity index (χ3v) is 5.70. The Balaban J connectivity index is 1.30. The van der Waals surface area contributed by atoms with Gasteiger partial charge < -0.3 is 15.0 Å². The highest BCUT2D eigenvalue weighted by molar-refractivity contribution is 5.92. The maximum Gasteiger partial charge on any atom is 0.272 e. The Morgan fingerprint density at radius 1 is 1.32 bits per heavy atom. The lowest BCUT2D eigenvalue weighted by Gasteiger charge is -2.32. The number of amides is 1. The molecule has 1 saturated carbocycles. The zero-order valence-corrected chi connectivity index (χ0v) is 16.5. The van der Waals surface area contributed by atoms with Crippen molar-refractivity contribution >= 4 is 11.7 Å².